The quantitative estimate of drug-likeness (QED) is 0.730. The Morgan fingerprint density at radius 2 is 2.05 bits per heavy atom. The van der Waals surface area contributed by atoms with E-state index in [0.29, 0.717) is 22.6 Å². The van der Waals surface area contributed by atoms with Crippen LogP contribution in [-0.2, 0) is 14.3 Å². The number of aromatic amines is 2. The van der Waals surface area contributed by atoms with Crippen molar-refractivity contribution < 1.29 is 14.3 Å². The number of benzene rings is 1. The number of carbonyl (C=O) groups is 2. The van der Waals surface area contributed by atoms with Gasteiger partial charge in [0.2, 0.25) is 0 Å². The zero-order valence-corrected chi connectivity index (χ0v) is 11.4. The first-order valence-electron chi connectivity index (χ1n) is 6.71. The molecular weight excluding hydrogens is 274 g/mol. The van der Waals surface area contributed by atoms with Crippen molar-refractivity contribution in [1.29, 1.82) is 0 Å². The fraction of sp³-hybridized carbons (Fsp3) is 0.357. The Kier molecular flexibility index (Phi) is 3.25. The molecular formula is C14H15N3O4. The van der Waals surface area contributed by atoms with Gasteiger partial charge in [-0.05, 0) is 30.5 Å². The van der Waals surface area contributed by atoms with Gasteiger partial charge in [0.1, 0.15) is 0 Å². The van der Waals surface area contributed by atoms with Gasteiger partial charge >= 0.3 is 11.7 Å². The summed E-state index contributed by atoms with van der Waals surface area (Å²) < 4.78 is 4.95. The Labute approximate surface area is 119 Å². The highest BCUT2D eigenvalue weighted by Gasteiger charge is 2.40. The number of esters is 1. The molecule has 0 aliphatic heterocycles. The summed E-state index contributed by atoms with van der Waals surface area (Å²) in [5.74, 6) is -0.426. The first kappa shape index (κ1) is 13.4. The monoisotopic (exact) mass is 289 g/mol. The van der Waals surface area contributed by atoms with Gasteiger partial charge in [0.25, 0.3) is 5.91 Å². The summed E-state index contributed by atoms with van der Waals surface area (Å²) in [4.78, 5) is 39.6. The normalized spacial score (nSPS) is 20.2. The molecule has 2 atom stereocenters. The highest BCUT2D eigenvalue weighted by atomic mass is 16.5. The number of ether oxygens (including phenoxy) is 1. The lowest BCUT2D eigenvalue weighted by Gasteiger charge is -2.06. The first-order valence-corrected chi connectivity index (χ1v) is 6.71. The number of hydrogen-bond donors (Lipinski definition) is 3. The number of rotatable bonds is 4. The van der Waals surface area contributed by atoms with Crippen molar-refractivity contribution in [3.8, 4) is 0 Å². The molecule has 0 spiro atoms. The third-order valence-electron chi connectivity index (χ3n) is 3.56. The number of anilines is 1. The van der Waals surface area contributed by atoms with E-state index in [1.165, 1.54) is 0 Å². The molecule has 1 aromatic heterocycles. The number of aromatic nitrogens is 2. The molecule has 0 radical (unpaired) electrons. The van der Waals surface area contributed by atoms with E-state index in [1.54, 1.807) is 18.2 Å². The molecule has 1 saturated carbocycles. The molecule has 7 nitrogen and oxygen atoms in total. The third-order valence-corrected chi connectivity index (χ3v) is 3.56. The molecule has 21 heavy (non-hydrogen) atoms. The van der Waals surface area contributed by atoms with Crippen LogP contribution in [-0.4, -0.2) is 28.5 Å². The minimum Gasteiger partial charge on any atom is -0.455 e. The standard InChI is InChI=1S/C14H15N3O4/c1-7-4-9(7)13(19)21-6-12(18)15-8-2-3-10-11(5-8)17-14(20)16-10/h2-3,5,7,9H,4,6H2,1H3,(H,15,18)(H2,16,17,20)/t7-,9-/m0/s1. The van der Waals surface area contributed by atoms with E-state index in [0.717, 1.165) is 6.42 Å². The smallest absolute Gasteiger partial charge is 0.323 e. The molecule has 1 aliphatic rings. The number of H-pyrrole nitrogens is 2. The van der Waals surface area contributed by atoms with Crippen LogP contribution in [0.5, 0.6) is 0 Å². The van der Waals surface area contributed by atoms with Crippen molar-refractivity contribution in [3.05, 3.63) is 28.7 Å². The topological polar surface area (TPSA) is 104 Å². The number of imidazole rings is 1. The number of nitrogens with one attached hydrogen (secondary N) is 3. The van der Waals surface area contributed by atoms with Gasteiger partial charge in [0.15, 0.2) is 6.61 Å². The third kappa shape index (κ3) is 2.96. The van der Waals surface area contributed by atoms with Crippen LogP contribution < -0.4 is 11.0 Å². The summed E-state index contributed by atoms with van der Waals surface area (Å²) >= 11 is 0. The highest BCUT2D eigenvalue weighted by molar-refractivity contribution is 5.94. The summed E-state index contributed by atoms with van der Waals surface area (Å²) in [7, 11) is 0. The van der Waals surface area contributed by atoms with E-state index in [9.17, 15) is 14.4 Å². The summed E-state index contributed by atoms with van der Waals surface area (Å²) in [5, 5.41) is 2.62. The van der Waals surface area contributed by atoms with Crippen LogP contribution in [0.1, 0.15) is 13.3 Å². The fourth-order valence-electron chi connectivity index (χ4n) is 2.20. The molecule has 1 fully saturated rings. The molecule has 3 N–H and O–H groups in total. The van der Waals surface area contributed by atoms with Crippen LogP contribution in [0.25, 0.3) is 11.0 Å². The van der Waals surface area contributed by atoms with Crippen molar-refractivity contribution in [3.63, 3.8) is 0 Å². The average molecular weight is 289 g/mol. The summed E-state index contributed by atoms with van der Waals surface area (Å²) in [6, 6.07) is 4.98. The lowest BCUT2D eigenvalue weighted by Crippen LogP contribution is -2.21. The molecule has 2 aromatic rings. The maximum Gasteiger partial charge on any atom is 0.323 e. The number of hydrogen-bond acceptors (Lipinski definition) is 4. The zero-order valence-electron chi connectivity index (χ0n) is 11.4. The number of carbonyl (C=O) groups excluding carboxylic acids is 2. The fourth-order valence-corrected chi connectivity index (χ4v) is 2.20. The predicted molar refractivity (Wildman–Crippen MR) is 75.8 cm³/mol. The summed E-state index contributed by atoms with van der Waals surface area (Å²) in [6.07, 6.45) is 0.831. The number of fused-ring (bicyclic) bond motifs is 1. The Hall–Kier alpha value is -2.57. The van der Waals surface area contributed by atoms with Gasteiger partial charge in [0.05, 0.1) is 17.0 Å². The molecule has 110 valence electrons. The lowest BCUT2D eigenvalue weighted by atomic mass is 10.3. The van der Waals surface area contributed by atoms with Crippen LogP contribution in [0.15, 0.2) is 23.0 Å². The van der Waals surface area contributed by atoms with E-state index >= 15 is 0 Å². The SMILES string of the molecule is C[C@H]1C[C@@H]1C(=O)OCC(=O)Nc1ccc2[nH]c(=O)[nH]c2c1. The van der Waals surface area contributed by atoms with Crippen LogP contribution in [0.4, 0.5) is 5.69 Å². The number of amides is 1. The average Bonchev–Trinajstić information content (AvgIpc) is 3.04. The Bertz CT molecular complexity index is 761. The summed E-state index contributed by atoms with van der Waals surface area (Å²) in [5.41, 5.74) is 1.48. The molecule has 1 amide bonds. The van der Waals surface area contributed by atoms with Crippen LogP contribution in [0, 0.1) is 11.8 Å². The van der Waals surface area contributed by atoms with E-state index in [4.69, 9.17) is 4.74 Å². The minimum atomic E-state index is -0.408. The lowest BCUT2D eigenvalue weighted by molar-refractivity contribution is -0.148. The molecule has 1 aromatic carbocycles. The van der Waals surface area contributed by atoms with Crippen LogP contribution >= 0.6 is 0 Å². The maximum atomic E-state index is 11.7. The van der Waals surface area contributed by atoms with Gasteiger partial charge in [-0.2, -0.15) is 0 Å². The molecule has 0 bridgehead atoms. The zero-order chi connectivity index (χ0) is 15.0. The minimum absolute atomic E-state index is 0.0564. The van der Waals surface area contributed by atoms with Crippen molar-refractivity contribution in [2.24, 2.45) is 11.8 Å². The second-order valence-corrected chi connectivity index (χ2v) is 5.31. The Balaban J connectivity index is 1.58. The van der Waals surface area contributed by atoms with Crippen molar-refractivity contribution in [2.75, 3.05) is 11.9 Å². The molecule has 7 heteroatoms. The second-order valence-electron chi connectivity index (χ2n) is 5.31. The molecule has 1 heterocycles. The van der Waals surface area contributed by atoms with Crippen molar-refractivity contribution in [1.82, 2.24) is 9.97 Å². The molecule has 0 unspecified atom stereocenters. The van der Waals surface area contributed by atoms with Gasteiger partial charge in [0, 0.05) is 5.69 Å². The second kappa shape index (κ2) is 5.08. The van der Waals surface area contributed by atoms with Gasteiger partial charge < -0.3 is 20.0 Å². The van der Waals surface area contributed by atoms with E-state index in [1.807, 2.05) is 6.92 Å². The first-order chi connectivity index (χ1) is 10.0. The Morgan fingerprint density at radius 1 is 1.33 bits per heavy atom. The van der Waals surface area contributed by atoms with Gasteiger partial charge in [-0.3, -0.25) is 9.59 Å². The van der Waals surface area contributed by atoms with Crippen LogP contribution in [0.2, 0.25) is 0 Å². The van der Waals surface area contributed by atoms with Gasteiger partial charge in [-0.25, -0.2) is 4.79 Å². The van der Waals surface area contributed by atoms with Gasteiger partial charge in [-0.15, -0.1) is 0 Å². The van der Waals surface area contributed by atoms with Gasteiger partial charge in [-0.1, -0.05) is 6.92 Å². The van der Waals surface area contributed by atoms with Crippen molar-refractivity contribution >= 4 is 28.6 Å². The van der Waals surface area contributed by atoms with Crippen LogP contribution in [0.3, 0.4) is 0 Å². The predicted octanol–water partition coefficient (Wildman–Crippen LogP) is 0.994. The Morgan fingerprint density at radius 3 is 2.76 bits per heavy atom. The summed E-state index contributed by atoms with van der Waals surface area (Å²) in [6.45, 7) is 1.67. The largest absolute Gasteiger partial charge is 0.455 e. The molecule has 3 rings (SSSR count). The highest BCUT2D eigenvalue weighted by Crippen LogP contribution is 2.38. The molecule has 1 aliphatic carbocycles. The van der Waals surface area contributed by atoms with Crippen molar-refractivity contribution in [2.45, 2.75) is 13.3 Å². The molecule has 0 saturated heterocycles. The van der Waals surface area contributed by atoms with E-state index < -0.39 is 5.91 Å². The van der Waals surface area contributed by atoms with E-state index in [2.05, 4.69) is 15.3 Å². The van der Waals surface area contributed by atoms with E-state index in [-0.39, 0.29) is 24.2 Å². The maximum absolute atomic E-state index is 11.7.